The van der Waals surface area contributed by atoms with Crippen molar-refractivity contribution in [1.29, 1.82) is 0 Å². The number of aryl methyl sites for hydroxylation is 2. The maximum atomic E-state index is 14.4. The normalized spacial score (nSPS) is 12.8. The van der Waals surface area contributed by atoms with Crippen LogP contribution in [0.4, 0.5) is 13.2 Å². The summed E-state index contributed by atoms with van der Waals surface area (Å²) in [4.78, 5) is 38.0. The largest absolute Gasteiger partial charge is 0.470 e. The van der Waals surface area contributed by atoms with E-state index in [0.717, 1.165) is 21.4 Å². The van der Waals surface area contributed by atoms with E-state index >= 15 is 0 Å². The zero-order valence-electron chi connectivity index (χ0n) is 22.4. The molecule has 0 aromatic carbocycles. The van der Waals surface area contributed by atoms with E-state index in [1.54, 1.807) is 6.92 Å². The molecule has 9 nitrogen and oxygen atoms in total. The number of aliphatic hydroxyl groups is 1. The molecule has 0 amide bonds. The molecule has 0 saturated heterocycles. The Hall–Kier alpha value is -4.03. The molecule has 0 saturated carbocycles. The van der Waals surface area contributed by atoms with E-state index in [-0.39, 0.29) is 17.3 Å². The van der Waals surface area contributed by atoms with E-state index < -0.39 is 62.9 Å². The Labute approximate surface area is 221 Å². The van der Waals surface area contributed by atoms with E-state index in [1.165, 1.54) is 33.0 Å². The first-order chi connectivity index (χ1) is 18.5. The minimum Gasteiger partial charge on any atom is -0.470 e. The van der Waals surface area contributed by atoms with Gasteiger partial charge in [0.05, 0.1) is 25.8 Å². The lowest BCUT2D eigenvalue weighted by atomic mass is 9.99. The van der Waals surface area contributed by atoms with Gasteiger partial charge in [0.25, 0.3) is 11.1 Å². The van der Waals surface area contributed by atoms with Crippen LogP contribution in [-0.2, 0) is 12.2 Å². The Kier molecular flexibility index (Phi) is 6.42. The van der Waals surface area contributed by atoms with Gasteiger partial charge in [0.2, 0.25) is 5.88 Å². The van der Waals surface area contributed by atoms with Gasteiger partial charge in [0.15, 0.2) is 10.8 Å². The van der Waals surface area contributed by atoms with Crippen LogP contribution >= 0.6 is 11.6 Å². The second-order valence-corrected chi connectivity index (χ2v) is 9.09. The predicted molar refractivity (Wildman–Crippen MR) is 131 cm³/mol. The molecule has 4 aromatic heterocycles. The van der Waals surface area contributed by atoms with Crippen molar-refractivity contribution in [1.82, 2.24) is 24.1 Å². The number of hydrogen-bond acceptors (Lipinski definition) is 7. The summed E-state index contributed by atoms with van der Waals surface area (Å²) in [6.07, 6.45) is 3.06. The molecule has 0 aliphatic rings. The summed E-state index contributed by atoms with van der Waals surface area (Å²) in [6.45, 7) is 2.52. The molecule has 0 aliphatic heterocycles. The van der Waals surface area contributed by atoms with Crippen LogP contribution < -0.4 is 15.9 Å². The molecule has 0 unspecified atom stereocenters. The third-order valence-corrected chi connectivity index (χ3v) is 5.74. The van der Waals surface area contributed by atoms with Gasteiger partial charge < -0.3 is 9.84 Å². The van der Waals surface area contributed by atoms with Gasteiger partial charge in [-0.25, -0.2) is 18.2 Å². The predicted octanol–water partition coefficient (Wildman–Crippen LogP) is 3.67. The maximum Gasteiger partial charge on any atom is 0.280 e. The van der Waals surface area contributed by atoms with Crippen LogP contribution in [0, 0.1) is 31.3 Å². The maximum absolute atomic E-state index is 14.4. The number of hydrogen-bond donors (Lipinski definition) is 1. The molecule has 4 aromatic rings. The first-order valence-corrected chi connectivity index (χ1v) is 11.3. The molecule has 38 heavy (non-hydrogen) atoms. The van der Waals surface area contributed by atoms with Crippen LogP contribution in [0.15, 0.2) is 46.4 Å². The number of rotatable bonds is 6. The van der Waals surface area contributed by atoms with E-state index in [1.807, 2.05) is 0 Å². The zero-order chi connectivity index (χ0) is 29.7. The fourth-order valence-corrected chi connectivity index (χ4v) is 3.81. The van der Waals surface area contributed by atoms with Gasteiger partial charge in [-0.1, -0.05) is 11.6 Å². The molecule has 0 spiro atoms. The summed E-state index contributed by atoms with van der Waals surface area (Å²) in [5.41, 5.74) is -4.34. The average Bonchev–Trinajstić information content (AvgIpc) is 2.82. The van der Waals surface area contributed by atoms with Gasteiger partial charge in [-0.05, 0) is 39.3 Å². The highest BCUT2D eigenvalue weighted by Crippen LogP contribution is 2.24. The van der Waals surface area contributed by atoms with Crippen LogP contribution in [0.1, 0.15) is 39.2 Å². The minimum absolute atomic E-state index is 0.0203. The molecular formula is C25H21ClF3N5O4. The SMILES string of the molecule is [2H]C([2H])(Oc1nc(C)n(-c2cc(-n3ccc(F)c(C(C)(C)O)c3=O)ncc2C)c(=O)c1Cl)c1ncc(F)cc1F. The number of ether oxygens (including phenoxy) is 1. The van der Waals surface area contributed by atoms with E-state index in [4.69, 9.17) is 19.1 Å². The number of halogens is 4. The fraction of sp³-hybridized carbons (Fsp3) is 0.240. The van der Waals surface area contributed by atoms with Crippen molar-refractivity contribution in [3.8, 4) is 17.4 Å². The quantitative estimate of drug-likeness (QED) is 0.390. The van der Waals surface area contributed by atoms with E-state index in [9.17, 15) is 27.9 Å². The first-order valence-electron chi connectivity index (χ1n) is 11.9. The average molecular weight is 550 g/mol. The Balaban J connectivity index is 1.82. The van der Waals surface area contributed by atoms with Crippen molar-refractivity contribution in [3.05, 3.63) is 103 Å². The monoisotopic (exact) mass is 549 g/mol. The molecule has 0 aliphatic carbocycles. The van der Waals surface area contributed by atoms with Crippen LogP contribution in [0.3, 0.4) is 0 Å². The minimum atomic E-state index is -2.98. The van der Waals surface area contributed by atoms with Crippen molar-refractivity contribution in [2.75, 3.05) is 0 Å². The summed E-state index contributed by atoms with van der Waals surface area (Å²) in [7, 11) is 0. The smallest absolute Gasteiger partial charge is 0.280 e. The molecule has 0 atom stereocenters. The summed E-state index contributed by atoms with van der Waals surface area (Å²) in [5, 5.41) is 9.62. The van der Waals surface area contributed by atoms with Gasteiger partial charge >= 0.3 is 0 Å². The molecule has 0 bridgehead atoms. The van der Waals surface area contributed by atoms with Gasteiger partial charge in [-0.2, -0.15) is 4.98 Å². The Morgan fingerprint density at radius 3 is 2.47 bits per heavy atom. The molecule has 198 valence electrons. The van der Waals surface area contributed by atoms with Crippen LogP contribution in [0.2, 0.25) is 5.02 Å². The van der Waals surface area contributed by atoms with Gasteiger partial charge in [0.1, 0.15) is 35.5 Å². The van der Waals surface area contributed by atoms with Gasteiger partial charge in [0, 0.05) is 24.5 Å². The molecule has 1 N–H and O–H groups in total. The highest BCUT2D eigenvalue weighted by Gasteiger charge is 2.26. The molecule has 0 fully saturated rings. The van der Waals surface area contributed by atoms with Crippen LogP contribution in [-0.4, -0.2) is 29.2 Å². The second-order valence-electron chi connectivity index (χ2n) is 8.71. The van der Waals surface area contributed by atoms with Gasteiger partial charge in [-0.3, -0.25) is 23.7 Å². The van der Waals surface area contributed by atoms with Crippen molar-refractivity contribution in [2.24, 2.45) is 0 Å². The molecule has 13 heteroatoms. The standard InChI is InChI=1S/C25H21ClF3N5O4/c1-12-9-31-19(33-6-5-15(28)20(23(33)35)25(3,4)37)8-18(12)34-13(2)32-22(21(26)24(34)36)38-11-17-16(29)7-14(27)10-30-17/h5-10,37H,11H2,1-4H3/i11D2. The fourth-order valence-electron chi connectivity index (χ4n) is 3.64. The Bertz CT molecular complexity index is 1770. The highest BCUT2D eigenvalue weighted by atomic mass is 35.5. The van der Waals surface area contributed by atoms with Crippen molar-refractivity contribution in [2.45, 2.75) is 39.9 Å². The van der Waals surface area contributed by atoms with Gasteiger partial charge in [-0.15, -0.1) is 0 Å². The number of pyridine rings is 3. The first kappa shape index (κ1) is 24.3. The van der Waals surface area contributed by atoms with E-state index in [2.05, 4.69) is 15.0 Å². The molecule has 0 radical (unpaired) electrons. The van der Waals surface area contributed by atoms with Crippen molar-refractivity contribution in [3.63, 3.8) is 0 Å². The lowest BCUT2D eigenvalue weighted by molar-refractivity contribution is 0.0725. The summed E-state index contributed by atoms with van der Waals surface area (Å²) >= 11 is 6.20. The highest BCUT2D eigenvalue weighted by molar-refractivity contribution is 6.31. The number of nitrogens with zero attached hydrogens (tertiary/aromatic N) is 5. The summed E-state index contributed by atoms with van der Waals surface area (Å²) in [6, 6.07) is 2.75. The third kappa shape index (κ3) is 5.04. The second kappa shape index (κ2) is 10.0. The molecule has 4 heterocycles. The van der Waals surface area contributed by atoms with E-state index in [0.29, 0.717) is 17.8 Å². The lowest BCUT2D eigenvalue weighted by Gasteiger charge is -2.19. The molecular weight excluding hydrogens is 527 g/mol. The van der Waals surface area contributed by atoms with Crippen molar-refractivity contribution >= 4 is 11.6 Å². The molecule has 4 rings (SSSR count). The Morgan fingerprint density at radius 1 is 1.11 bits per heavy atom. The van der Waals surface area contributed by atoms with Crippen LogP contribution in [0.5, 0.6) is 5.88 Å². The Morgan fingerprint density at radius 2 is 1.82 bits per heavy atom. The van der Waals surface area contributed by atoms with Crippen LogP contribution in [0.25, 0.3) is 11.5 Å². The summed E-state index contributed by atoms with van der Waals surface area (Å²) in [5.74, 6) is -4.00. The topological polar surface area (TPSA) is 112 Å². The lowest BCUT2D eigenvalue weighted by Crippen LogP contribution is -2.33. The number of aromatic nitrogens is 5. The van der Waals surface area contributed by atoms with Crippen molar-refractivity contribution < 1.29 is 25.8 Å². The third-order valence-electron chi connectivity index (χ3n) is 5.42. The summed E-state index contributed by atoms with van der Waals surface area (Å²) < 4.78 is 65.0. The zero-order valence-corrected chi connectivity index (χ0v) is 21.1.